The molecule has 2 amide bonds. The Morgan fingerprint density at radius 2 is 2.12 bits per heavy atom. The molecule has 0 radical (unpaired) electrons. The van der Waals surface area contributed by atoms with Crippen LogP contribution < -0.4 is 5.32 Å². The Hall–Kier alpha value is -3.22. The lowest BCUT2D eigenvalue weighted by atomic mass is 10.2. The molecule has 0 bridgehead atoms. The maximum atomic E-state index is 13.2. The zero-order valence-corrected chi connectivity index (χ0v) is 13.8. The van der Waals surface area contributed by atoms with Gasteiger partial charge < -0.3 is 10.2 Å². The quantitative estimate of drug-likeness (QED) is 0.777. The molecule has 1 aromatic carbocycles. The number of hydrogen-bond donors (Lipinski definition) is 1. The van der Waals surface area contributed by atoms with Crippen molar-refractivity contribution in [1.29, 1.82) is 0 Å². The molecule has 128 valence electrons. The van der Waals surface area contributed by atoms with Crippen LogP contribution in [0.25, 0.3) is 5.82 Å². The van der Waals surface area contributed by atoms with Crippen molar-refractivity contribution in [3.8, 4) is 5.82 Å². The Kier molecular flexibility index (Phi) is 5.03. The number of carbonyl (C=O) groups is 1. The molecule has 0 aliphatic carbocycles. The van der Waals surface area contributed by atoms with E-state index < -0.39 is 0 Å². The van der Waals surface area contributed by atoms with Gasteiger partial charge in [0.05, 0.1) is 0 Å². The number of urea groups is 1. The largest absolute Gasteiger partial charge is 0.334 e. The molecule has 2 heterocycles. The van der Waals surface area contributed by atoms with E-state index in [0.29, 0.717) is 18.9 Å². The Morgan fingerprint density at radius 3 is 2.80 bits per heavy atom. The molecule has 0 unspecified atom stereocenters. The summed E-state index contributed by atoms with van der Waals surface area (Å²) in [5.41, 5.74) is 1.62. The molecule has 6 nitrogen and oxygen atoms in total. The van der Waals surface area contributed by atoms with Crippen LogP contribution in [0.5, 0.6) is 0 Å². The molecule has 1 N–H and O–H groups in total. The maximum Gasteiger partial charge on any atom is 0.317 e. The van der Waals surface area contributed by atoms with Gasteiger partial charge in [0.25, 0.3) is 0 Å². The highest BCUT2D eigenvalue weighted by atomic mass is 19.1. The number of benzene rings is 1. The van der Waals surface area contributed by atoms with Crippen molar-refractivity contribution in [2.24, 2.45) is 0 Å². The summed E-state index contributed by atoms with van der Waals surface area (Å²) in [6.45, 7) is 0.693. The first-order valence-electron chi connectivity index (χ1n) is 7.80. The molecule has 7 heteroatoms. The minimum atomic E-state index is -0.311. The van der Waals surface area contributed by atoms with Crippen LogP contribution >= 0.6 is 0 Å². The van der Waals surface area contributed by atoms with Gasteiger partial charge in [-0.1, -0.05) is 18.2 Å². The number of aromatic nitrogens is 3. The monoisotopic (exact) mass is 339 g/mol. The smallest absolute Gasteiger partial charge is 0.317 e. The molecule has 0 aliphatic heterocycles. The predicted molar refractivity (Wildman–Crippen MR) is 91.5 cm³/mol. The standard InChI is InChI=1S/C18H18FN5O/c1-23(13-14-4-2-5-16(19)10-14)18(25)21-12-15-6-7-17(20-11-15)24-9-3-8-22-24/h2-11H,12-13H2,1H3,(H,21,25). The van der Waals surface area contributed by atoms with E-state index in [1.807, 2.05) is 24.4 Å². The van der Waals surface area contributed by atoms with Crippen LogP contribution in [-0.2, 0) is 13.1 Å². The highest BCUT2D eigenvalue weighted by Gasteiger charge is 2.09. The van der Waals surface area contributed by atoms with Crippen LogP contribution in [0.4, 0.5) is 9.18 Å². The van der Waals surface area contributed by atoms with Crippen molar-refractivity contribution in [2.75, 3.05) is 7.05 Å². The lowest BCUT2D eigenvalue weighted by molar-refractivity contribution is 0.206. The lowest BCUT2D eigenvalue weighted by Gasteiger charge is -2.18. The Labute approximate surface area is 144 Å². The second kappa shape index (κ2) is 7.57. The molecule has 0 fully saturated rings. The fraction of sp³-hybridized carbons (Fsp3) is 0.167. The van der Waals surface area contributed by atoms with Crippen LogP contribution in [-0.4, -0.2) is 32.7 Å². The molecule has 3 aromatic rings. The van der Waals surface area contributed by atoms with Crippen LogP contribution in [0, 0.1) is 5.82 Å². The summed E-state index contributed by atoms with van der Waals surface area (Å²) in [6, 6.07) is 11.5. The van der Waals surface area contributed by atoms with Crippen molar-refractivity contribution in [3.05, 3.63) is 78.0 Å². The van der Waals surface area contributed by atoms with Crippen molar-refractivity contribution >= 4 is 6.03 Å². The second-order valence-electron chi connectivity index (χ2n) is 5.62. The van der Waals surface area contributed by atoms with Crippen LogP contribution in [0.3, 0.4) is 0 Å². The number of amides is 2. The van der Waals surface area contributed by atoms with Crippen molar-refractivity contribution < 1.29 is 9.18 Å². The third kappa shape index (κ3) is 4.41. The summed E-state index contributed by atoms with van der Waals surface area (Å²) in [6.07, 6.45) is 5.19. The highest BCUT2D eigenvalue weighted by Crippen LogP contribution is 2.07. The highest BCUT2D eigenvalue weighted by molar-refractivity contribution is 5.73. The van der Waals surface area contributed by atoms with Gasteiger partial charge in [0, 0.05) is 38.7 Å². The first-order chi connectivity index (χ1) is 12.1. The van der Waals surface area contributed by atoms with Gasteiger partial charge in [0.2, 0.25) is 0 Å². The number of halogens is 1. The minimum absolute atomic E-state index is 0.236. The number of pyridine rings is 1. The van der Waals surface area contributed by atoms with Gasteiger partial charge in [0.1, 0.15) is 5.82 Å². The minimum Gasteiger partial charge on any atom is -0.334 e. The average Bonchev–Trinajstić information content (AvgIpc) is 3.14. The number of nitrogens with zero attached hydrogens (tertiary/aromatic N) is 4. The van der Waals surface area contributed by atoms with Crippen molar-refractivity contribution in [2.45, 2.75) is 13.1 Å². The zero-order chi connectivity index (χ0) is 17.6. The van der Waals surface area contributed by atoms with Gasteiger partial charge in [0.15, 0.2) is 5.82 Å². The summed E-state index contributed by atoms with van der Waals surface area (Å²) in [4.78, 5) is 18.0. The van der Waals surface area contributed by atoms with E-state index in [2.05, 4.69) is 15.4 Å². The molecular formula is C18H18FN5O. The Balaban J connectivity index is 1.53. The number of nitrogens with one attached hydrogen (secondary N) is 1. The van der Waals surface area contributed by atoms with E-state index in [0.717, 1.165) is 11.1 Å². The topological polar surface area (TPSA) is 63.1 Å². The van der Waals surface area contributed by atoms with E-state index >= 15 is 0 Å². The first kappa shape index (κ1) is 16.6. The molecule has 0 saturated heterocycles. The molecular weight excluding hydrogens is 321 g/mol. The van der Waals surface area contributed by atoms with Gasteiger partial charge in [-0.3, -0.25) is 0 Å². The Bertz CT molecular complexity index is 833. The summed E-state index contributed by atoms with van der Waals surface area (Å²) >= 11 is 0. The fourth-order valence-corrected chi connectivity index (χ4v) is 2.35. The third-order valence-corrected chi connectivity index (χ3v) is 3.65. The van der Waals surface area contributed by atoms with Crippen molar-refractivity contribution in [1.82, 2.24) is 25.0 Å². The van der Waals surface area contributed by atoms with E-state index in [1.54, 1.807) is 36.3 Å². The van der Waals surface area contributed by atoms with Gasteiger partial charge in [-0.15, -0.1) is 0 Å². The van der Waals surface area contributed by atoms with Gasteiger partial charge in [-0.2, -0.15) is 5.10 Å². The Morgan fingerprint density at radius 1 is 1.24 bits per heavy atom. The van der Waals surface area contributed by atoms with Crippen LogP contribution in [0.2, 0.25) is 0 Å². The summed E-state index contributed by atoms with van der Waals surface area (Å²) in [5, 5.41) is 6.93. The van der Waals surface area contributed by atoms with E-state index in [4.69, 9.17) is 0 Å². The van der Waals surface area contributed by atoms with E-state index in [-0.39, 0.29) is 11.8 Å². The summed E-state index contributed by atoms with van der Waals surface area (Å²) in [7, 11) is 1.67. The zero-order valence-electron chi connectivity index (χ0n) is 13.8. The molecule has 0 saturated carbocycles. The van der Waals surface area contributed by atoms with Gasteiger partial charge in [-0.05, 0) is 35.4 Å². The maximum absolute atomic E-state index is 13.2. The molecule has 0 atom stereocenters. The number of hydrogen-bond acceptors (Lipinski definition) is 3. The second-order valence-corrected chi connectivity index (χ2v) is 5.62. The summed E-state index contributed by atoms with van der Waals surface area (Å²) < 4.78 is 14.9. The summed E-state index contributed by atoms with van der Waals surface area (Å²) in [5.74, 6) is 0.401. The fourth-order valence-electron chi connectivity index (χ4n) is 2.35. The number of rotatable bonds is 5. The predicted octanol–water partition coefficient (Wildman–Crippen LogP) is 2.75. The van der Waals surface area contributed by atoms with Crippen molar-refractivity contribution in [3.63, 3.8) is 0 Å². The molecule has 0 aliphatic rings. The number of carbonyl (C=O) groups excluding carboxylic acids is 1. The van der Waals surface area contributed by atoms with E-state index in [9.17, 15) is 9.18 Å². The SMILES string of the molecule is CN(Cc1cccc(F)c1)C(=O)NCc1ccc(-n2cccn2)nc1. The molecule has 25 heavy (non-hydrogen) atoms. The normalized spacial score (nSPS) is 10.5. The first-order valence-corrected chi connectivity index (χ1v) is 7.80. The van der Waals surface area contributed by atoms with Gasteiger partial charge in [-0.25, -0.2) is 18.9 Å². The molecule has 0 spiro atoms. The van der Waals surface area contributed by atoms with Gasteiger partial charge >= 0.3 is 6.03 Å². The van der Waals surface area contributed by atoms with Crippen LogP contribution in [0.15, 0.2) is 61.1 Å². The average molecular weight is 339 g/mol. The lowest BCUT2D eigenvalue weighted by Crippen LogP contribution is -2.36. The molecule has 2 aromatic heterocycles. The van der Waals surface area contributed by atoms with Crippen LogP contribution in [0.1, 0.15) is 11.1 Å². The third-order valence-electron chi connectivity index (χ3n) is 3.65. The molecule has 3 rings (SSSR count). The van der Waals surface area contributed by atoms with E-state index in [1.165, 1.54) is 17.0 Å².